The first-order valence-corrected chi connectivity index (χ1v) is 7.78. The Morgan fingerprint density at radius 1 is 1.21 bits per heavy atom. The van der Waals surface area contributed by atoms with Gasteiger partial charge in [-0.1, -0.05) is 34.6 Å². The summed E-state index contributed by atoms with van der Waals surface area (Å²) in [4.78, 5) is 2.54. The summed E-state index contributed by atoms with van der Waals surface area (Å²) in [6, 6.07) is 0.532. The summed E-state index contributed by atoms with van der Waals surface area (Å²) in [5.74, 6) is 0.701. The van der Waals surface area contributed by atoms with E-state index in [1.165, 1.54) is 6.42 Å². The molecule has 0 aliphatic carbocycles. The number of hydrogen-bond donors (Lipinski definition) is 1. The first-order valence-electron chi connectivity index (χ1n) is 7.78. The molecular weight excluding hydrogens is 236 g/mol. The zero-order valence-corrected chi connectivity index (χ0v) is 14.3. The van der Waals surface area contributed by atoms with Gasteiger partial charge in [0.05, 0.1) is 6.61 Å². The molecule has 0 heterocycles. The lowest BCUT2D eigenvalue weighted by molar-refractivity contribution is 0.0948. The Labute approximate surface area is 121 Å². The highest BCUT2D eigenvalue weighted by Crippen LogP contribution is 2.22. The Bertz CT molecular complexity index is 217. The average molecular weight is 272 g/mol. The molecule has 116 valence electrons. The summed E-state index contributed by atoms with van der Waals surface area (Å²) in [5.41, 5.74) is 0.276. The van der Waals surface area contributed by atoms with Crippen LogP contribution in [0, 0.1) is 11.3 Å². The monoisotopic (exact) mass is 272 g/mol. The van der Waals surface area contributed by atoms with Crippen LogP contribution in [0.25, 0.3) is 0 Å². The van der Waals surface area contributed by atoms with Gasteiger partial charge in [0.2, 0.25) is 0 Å². The second-order valence-electron chi connectivity index (χ2n) is 6.79. The van der Waals surface area contributed by atoms with Crippen molar-refractivity contribution >= 4 is 0 Å². The largest absolute Gasteiger partial charge is 0.383 e. The van der Waals surface area contributed by atoms with Gasteiger partial charge >= 0.3 is 0 Å². The van der Waals surface area contributed by atoms with Gasteiger partial charge in [0.25, 0.3) is 0 Å². The second-order valence-corrected chi connectivity index (χ2v) is 6.79. The van der Waals surface area contributed by atoms with Crippen LogP contribution in [0.2, 0.25) is 0 Å². The summed E-state index contributed by atoms with van der Waals surface area (Å²) < 4.78 is 5.24. The van der Waals surface area contributed by atoms with Crippen LogP contribution in [0.15, 0.2) is 0 Å². The number of hydrogen-bond acceptors (Lipinski definition) is 3. The van der Waals surface area contributed by atoms with Gasteiger partial charge in [-0.25, -0.2) is 0 Å². The van der Waals surface area contributed by atoms with Crippen molar-refractivity contribution < 1.29 is 4.74 Å². The Morgan fingerprint density at radius 2 is 1.84 bits per heavy atom. The van der Waals surface area contributed by atoms with Gasteiger partial charge in [-0.3, -0.25) is 0 Å². The van der Waals surface area contributed by atoms with Crippen LogP contribution in [0.3, 0.4) is 0 Å². The molecule has 0 spiro atoms. The molecule has 3 heteroatoms. The van der Waals surface area contributed by atoms with E-state index in [1.54, 1.807) is 7.11 Å². The smallest absolute Gasteiger partial charge is 0.0589 e. The van der Waals surface area contributed by atoms with E-state index in [2.05, 4.69) is 51.8 Å². The molecule has 1 N–H and O–H groups in total. The van der Waals surface area contributed by atoms with Gasteiger partial charge in [-0.05, 0) is 31.2 Å². The average Bonchev–Trinajstić information content (AvgIpc) is 2.31. The van der Waals surface area contributed by atoms with Crippen LogP contribution < -0.4 is 5.32 Å². The summed E-state index contributed by atoms with van der Waals surface area (Å²) in [5, 5.41) is 3.63. The molecule has 0 aromatic rings. The van der Waals surface area contributed by atoms with Crippen molar-refractivity contribution in [3.05, 3.63) is 0 Å². The minimum atomic E-state index is 0.276. The fourth-order valence-corrected chi connectivity index (χ4v) is 2.32. The molecule has 0 rings (SSSR count). The molecule has 0 amide bonds. The topological polar surface area (TPSA) is 24.5 Å². The van der Waals surface area contributed by atoms with Gasteiger partial charge in [-0.2, -0.15) is 0 Å². The zero-order chi connectivity index (χ0) is 14.9. The van der Waals surface area contributed by atoms with Crippen molar-refractivity contribution in [2.24, 2.45) is 11.3 Å². The van der Waals surface area contributed by atoms with E-state index in [-0.39, 0.29) is 5.41 Å². The van der Waals surface area contributed by atoms with E-state index < -0.39 is 0 Å². The van der Waals surface area contributed by atoms with E-state index in [1.807, 2.05) is 0 Å². The lowest BCUT2D eigenvalue weighted by atomic mass is 9.84. The van der Waals surface area contributed by atoms with Crippen molar-refractivity contribution in [2.75, 3.05) is 39.9 Å². The molecule has 0 saturated carbocycles. The van der Waals surface area contributed by atoms with Crippen molar-refractivity contribution in [3.8, 4) is 0 Å². The van der Waals surface area contributed by atoms with Crippen LogP contribution in [-0.2, 0) is 4.74 Å². The molecule has 0 aromatic carbocycles. The van der Waals surface area contributed by atoms with E-state index in [4.69, 9.17) is 4.74 Å². The van der Waals surface area contributed by atoms with Crippen molar-refractivity contribution in [1.82, 2.24) is 10.2 Å². The predicted octanol–water partition coefficient (Wildman–Crippen LogP) is 3.01. The molecule has 0 fully saturated rings. The van der Waals surface area contributed by atoms with Gasteiger partial charge in [0, 0.05) is 32.8 Å². The zero-order valence-electron chi connectivity index (χ0n) is 14.3. The molecule has 0 saturated heterocycles. The molecule has 0 aliphatic heterocycles. The first-order chi connectivity index (χ1) is 8.83. The lowest BCUT2D eigenvalue weighted by Crippen LogP contribution is -2.48. The van der Waals surface area contributed by atoms with Gasteiger partial charge < -0.3 is 15.0 Å². The molecule has 3 nitrogen and oxygen atoms in total. The van der Waals surface area contributed by atoms with Crippen LogP contribution in [-0.4, -0.2) is 50.8 Å². The van der Waals surface area contributed by atoms with Crippen LogP contribution in [0.5, 0.6) is 0 Å². The number of ether oxygens (including phenoxy) is 1. The maximum atomic E-state index is 5.24. The molecule has 0 radical (unpaired) electrons. The van der Waals surface area contributed by atoms with Crippen molar-refractivity contribution in [2.45, 2.75) is 54.0 Å². The molecule has 19 heavy (non-hydrogen) atoms. The highest BCUT2D eigenvalue weighted by atomic mass is 16.5. The molecule has 1 atom stereocenters. The first kappa shape index (κ1) is 18.9. The maximum Gasteiger partial charge on any atom is 0.0589 e. The minimum absolute atomic E-state index is 0.276. The van der Waals surface area contributed by atoms with Crippen molar-refractivity contribution in [1.29, 1.82) is 0 Å². The Morgan fingerprint density at radius 3 is 2.32 bits per heavy atom. The summed E-state index contributed by atoms with van der Waals surface area (Å²) in [7, 11) is 1.78. The molecule has 0 bridgehead atoms. The number of methoxy groups -OCH3 is 1. The lowest BCUT2D eigenvalue weighted by Gasteiger charge is -2.38. The molecule has 0 aliphatic rings. The Hall–Kier alpha value is -0.120. The van der Waals surface area contributed by atoms with E-state index in [9.17, 15) is 0 Å². The third-order valence-corrected chi connectivity index (χ3v) is 3.74. The number of nitrogens with zero attached hydrogens (tertiary/aromatic N) is 1. The van der Waals surface area contributed by atoms with Gasteiger partial charge in [0.1, 0.15) is 0 Å². The van der Waals surface area contributed by atoms with Crippen molar-refractivity contribution in [3.63, 3.8) is 0 Å². The summed E-state index contributed by atoms with van der Waals surface area (Å²) in [6.07, 6.45) is 1.19. The third-order valence-electron chi connectivity index (χ3n) is 3.74. The fraction of sp³-hybridized carbons (Fsp3) is 1.00. The Balaban J connectivity index is 4.42. The highest BCUT2D eigenvalue weighted by molar-refractivity contribution is 4.84. The SMILES string of the molecule is CCCNC(C)C(C)(C)CN(CCOC)CC(C)C. The molecular formula is C16H36N2O. The van der Waals surface area contributed by atoms with Gasteiger partial charge in [0.15, 0.2) is 0 Å². The third kappa shape index (κ3) is 8.61. The van der Waals surface area contributed by atoms with E-state index in [0.29, 0.717) is 12.0 Å². The number of nitrogens with one attached hydrogen (secondary N) is 1. The second kappa shape index (κ2) is 9.73. The standard InChI is InChI=1S/C16H36N2O/c1-8-9-17-15(4)16(5,6)13-18(10-11-19-7)12-14(2)3/h14-15,17H,8-13H2,1-7H3. The molecule has 1 unspecified atom stereocenters. The van der Waals surface area contributed by atoms with E-state index >= 15 is 0 Å². The van der Waals surface area contributed by atoms with Gasteiger partial charge in [-0.15, -0.1) is 0 Å². The van der Waals surface area contributed by atoms with Crippen LogP contribution >= 0.6 is 0 Å². The highest BCUT2D eigenvalue weighted by Gasteiger charge is 2.28. The summed E-state index contributed by atoms with van der Waals surface area (Å²) >= 11 is 0. The number of rotatable bonds is 11. The quantitative estimate of drug-likeness (QED) is 0.626. The molecule has 0 aromatic heterocycles. The van der Waals surface area contributed by atoms with E-state index in [0.717, 1.165) is 32.8 Å². The van der Waals surface area contributed by atoms with Crippen LogP contribution in [0.1, 0.15) is 48.0 Å². The minimum Gasteiger partial charge on any atom is -0.383 e. The normalized spacial score (nSPS) is 14.4. The summed E-state index contributed by atoms with van der Waals surface area (Å²) in [6.45, 7) is 19.0. The Kier molecular flexibility index (Phi) is 9.67. The predicted molar refractivity (Wildman–Crippen MR) is 84.7 cm³/mol. The fourth-order valence-electron chi connectivity index (χ4n) is 2.32. The maximum absolute atomic E-state index is 5.24. The van der Waals surface area contributed by atoms with Crippen LogP contribution in [0.4, 0.5) is 0 Å².